The zero-order valence-electron chi connectivity index (χ0n) is 11.6. The van der Waals surface area contributed by atoms with Gasteiger partial charge in [0, 0.05) is 15.0 Å². The highest BCUT2D eigenvalue weighted by Gasteiger charge is 2.12. The van der Waals surface area contributed by atoms with Crippen LogP contribution in [0.1, 0.15) is 30.5 Å². The quantitative estimate of drug-likeness (QED) is 0.680. The van der Waals surface area contributed by atoms with Crippen molar-refractivity contribution < 1.29 is 0 Å². The third kappa shape index (κ3) is 4.72. The van der Waals surface area contributed by atoms with Crippen LogP contribution in [0.25, 0.3) is 0 Å². The fraction of sp³-hybridized carbons (Fsp3) is 0.294. The van der Waals surface area contributed by atoms with E-state index in [1.807, 2.05) is 0 Å². The number of benzene rings is 2. The Labute approximate surface area is 138 Å². The van der Waals surface area contributed by atoms with Crippen molar-refractivity contribution in [3.63, 3.8) is 0 Å². The first-order valence-electron chi connectivity index (χ1n) is 6.92. The van der Waals surface area contributed by atoms with E-state index in [1.54, 1.807) is 0 Å². The molecular formula is C17H19Br2N. The summed E-state index contributed by atoms with van der Waals surface area (Å²) in [4.78, 5) is 0. The molecule has 2 rings (SSSR count). The van der Waals surface area contributed by atoms with Crippen LogP contribution in [0.15, 0.2) is 57.5 Å². The van der Waals surface area contributed by atoms with Gasteiger partial charge >= 0.3 is 0 Å². The molecule has 0 heterocycles. The Morgan fingerprint density at radius 3 is 2.35 bits per heavy atom. The van der Waals surface area contributed by atoms with Gasteiger partial charge < -0.3 is 5.32 Å². The van der Waals surface area contributed by atoms with Crippen LogP contribution in [-0.4, -0.2) is 6.54 Å². The van der Waals surface area contributed by atoms with E-state index in [2.05, 4.69) is 92.6 Å². The van der Waals surface area contributed by atoms with Gasteiger partial charge in [0.25, 0.3) is 0 Å². The lowest BCUT2D eigenvalue weighted by molar-refractivity contribution is 0.529. The summed E-state index contributed by atoms with van der Waals surface area (Å²) in [7, 11) is 0. The molecule has 0 aromatic heterocycles. The minimum atomic E-state index is 0.349. The predicted molar refractivity (Wildman–Crippen MR) is 93.0 cm³/mol. The summed E-state index contributed by atoms with van der Waals surface area (Å²) in [6.07, 6.45) is 2.14. The molecule has 0 aliphatic heterocycles. The highest BCUT2D eigenvalue weighted by atomic mass is 79.9. The summed E-state index contributed by atoms with van der Waals surface area (Å²) in [5, 5.41) is 3.64. The Balaban J connectivity index is 2.19. The minimum Gasteiger partial charge on any atom is -0.310 e. The summed E-state index contributed by atoms with van der Waals surface area (Å²) in [5.41, 5.74) is 2.67. The Morgan fingerprint density at radius 2 is 1.70 bits per heavy atom. The van der Waals surface area contributed by atoms with E-state index in [1.165, 1.54) is 11.1 Å². The van der Waals surface area contributed by atoms with E-state index in [-0.39, 0.29) is 0 Å². The van der Waals surface area contributed by atoms with Gasteiger partial charge in [-0.3, -0.25) is 0 Å². The zero-order chi connectivity index (χ0) is 14.4. The van der Waals surface area contributed by atoms with Crippen LogP contribution >= 0.6 is 31.9 Å². The normalized spacial score (nSPS) is 12.3. The molecule has 0 spiro atoms. The van der Waals surface area contributed by atoms with E-state index < -0.39 is 0 Å². The van der Waals surface area contributed by atoms with E-state index >= 15 is 0 Å². The SMILES string of the molecule is CCCNC(Cc1cccc(Br)c1)c1cccc(Br)c1. The molecule has 0 bridgehead atoms. The summed E-state index contributed by atoms with van der Waals surface area (Å²) < 4.78 is 2.27. The second kappa shape index (κ2) is 7.96. The largest absolute Gasteiger partial charge is 0.310 e. The van der Waals surface area contributed by atoms with E-state index in [0.29, 0.717) is 6.04 Å². The maximum Gasteiger partial charge on any atom is 0.0361 e. The molecule has 1 N–H and O–H groups in total. The molecule has 0 fully saturated rings. The van der Waals surface area contributed by atoms with Crippen LogP contribution in [0.2, 0.25) is 0 Å². The first-order chi connectivity index (χ1) is 9.69. The Bertz CT molecular complexity index is 554. The Morgan fingerprint density at radius 1 is 1.00 bits per heavy atom. The molecule has 106 valence electrons. The van der Waals surface area contributed by atoms with E-state index in [0.717, 1.165) is 28.3 Å². The molecule has 0 saturated heterocycles. The van der Waals surface area contributed by atoms with Crippen molar-refractivity contribution in [3.05, 3.63) is 68.6 Å². The van der Waals surface area contributed by atoms with E-state index in [9.17, 15) is 0 Å². The van der Waals surface area contributed by atoms with Crippen molar-refractivity contribution in [2.24, 2.45) is 0 Å². The highest BCUT2D eigenvalue weighted by molar-refractivity contribution is 9.10. The third-order valence-electron chi connectivity index (χ3n) is 3.22. The maximum atomic E-state index is 3.64. The Hall–Kier alpha value is -0.640. The number of nitrogens with one attached hydrogen (secondary N) is 1. The van der Waals surface area contributed by atoms with Crippen molar-refractivity contribution >= 4 is 31.9 Å². The minimum absolute atomic E-state index is 0.349. The van der Waals surface area contributed by atoms with Crippen molar-refractivity contribution in [3.8, 4) is 0 Å². The van der Waals surface area contributed by atoms with Gasteiger partial charge in [-0.1, -0.05) is 63.0 Å². The molecule has 0 radical (unpaired) electrons. The van der Waals surface area contributed by atoms with E-state index in [4.69, 9.17) is 0 Å². The van der Waals surface area contributed by atoms with Gasteiger partial charge in [-0.2, -0.15) is 0 Å². The molecule has 2 aromatic carbocycles. The lowest BCUT2D eigenvalue weighted by Crippen LogP contribution is -2.24. The lowest BCUT2D eigenvalue weighted by Gasteiger charge is -2.19. The summed E-state index contributed by atoms with van der Waals surface area (Å²) in [6.45, 7) is 3.23. The van der Waals surface area contributed by atoms with Crippen LogP contribution in [-0.2, 0) is 6.42 Å². The van der Waals surface area contributed by atoms with Crippen molar-refractivity contribution in [2.45, 2.75) is 25.8 Å². The summed E-state index contributed by atoms with van der Waals surface area (Å²) in [5.74, 6) is 0. The molecule has 0 aliphatic carbocycles. The van der Waals surface area contributed by atoms with Crippen LogP contribution in [0, 0.1) is 0 Å². The maximum absolute atomic E-state index is 3.64. The van der Waals surface area contributed by atoms with Crippen molar-refractivity contribution in [1.82, 2.24) is 5.32 Å². The number of hydrogen-bond acceptors (Lipinski definition) is 1. The second-order valence-electron chi connectivity index (χ2n) is 4.90. The van der Waals surface area contributed by atoms with Gasteiger partial charge in [0.1, 0.15) is 0 Å². The topological polar surface area (TPSA) is 12.0 Å². The molecule has 1 atom stereocenters. The van der Waals surface area contributed by atoms with Crippen LogP contribution in [0.4, 0.5) is 0 Å². The highest BCUT2D eigenvalue weighted by Crippen LogP contribution is 2.23. The zero-order valence-corrected chi connectivity index (χ0v) is 14.7. The summed E-state index contributed by atoms with van der Waals surface area (Å²) in [6, 6.07) is 17.4. The second-order valence-corrected chi connectivity index (χ2v) is 6.73. The predicted octanol–water partition coefficient (Wildman–Crippen LogP) is 5.50. The van der Waals surface area contributed by atoms with Crippen LogP contribution in [0.5, 0.6) is 0 Å². The van der Waals surface area contributed by atoms with Crippen molar-refractivity contribution in [2.75, 3.05) is 6.54 Å². The molecule has 3 heteroatoms. The van der Waals surface area contributed by atoms with Crippen LogP contribution < -0.4 is 5.32 Å². The van der Waals surface area contributed by atoms with Gasteiger partial charge in [0.2, 0.25) is 0 Å². The number of halogens is 2. The fourth-order valence-electron chi connectivity index (χ4n) is 2.25. The first-order valence-corrected chi connectivity index (χ1v) is 8.51. The summed E-state index contributed by atoms with van der Waals surface area (Å²) >= 11 is 7.11. The molecule has 20 heavy (non-hydrogen) atoms. The van der Waals surface area contributed by atoms with Gasteiger partial charge in [-0.05, 0) is 54.8 Å². The van der Waals surface area contributed by atoms with Crippen LogP contribution in [0.3, 0.4) is 0 Å². The first kappa shape index (κ1) is 15.7. The molecular weight excluding hydrogens is 378 g/mol. The molecule has 0 amide bonds. The third-order valence-corrected chi connectivity index (χ3v) is 4.21. The van der Waals surface area contributed by atoms with Gasteiger partial charge in [-0.15, -0.1) is 0 Å². The fourth-order valence-corrected chi connectivity index (χ4v) is 3.11. The monoisotopic (exact) mass is 395 g/mol. The molecule has 0 aliphatic rings. The van der Waals surface area contributed by atoms with Gasteiger partial charge in [0.05, 0.1) is 0 Å². The lowest BCUT2D eigenvalue weighted by atomic mass is 9.99. The average Bonchev–Trinajstić information content (AvgIpc) is 2.43. The molecule has 2 aromatic rings. The Kier molecular flexibility index (Phi) is 6.27. The molecule has 1 unspecified atom stereocenters. The number of hydrogen-bond donors (Lipinski definition) is 1. The molecule has 0 saturated carbocycles. The average molecular weight is 397 g/mol. The van der Waals surface area contributed by atoms with Crippen molar-refractivity contribution in [1.29, 1.82) is 0 Å². The molecule has 1 nitrogen and oxygen atoms in total. The van der Waals surface area contributed by atoms with Gasteiger partial charge in [-0.25, -0.2) is 0 Å². The van der Waals surface area contributed by atoms with Gasteiger partial charge in [0.15, 0.2) is 0 Å². The standard InChI is InChI=1S/C17H19Br2N/c1-2-9-20-17(14-6-4-8-16(19)12-14)11-13-5-3-7-15(18)10-13/h3-8,10,12,17,20H,2,9,11H2,1H3. The number of rotatable bonds is 6. The smallest absolute Gasteiger partial charge is 0.0361 e.